The number of carbonyl (C=O) groups is 1. The van der Waals surface area contributed by atoms with Gasteiger partial charge < -0.3 is 19.1 Å². The van der Waals surface area contributed by atoms with Crippen LogP contribution in [0.15, 0.2) is 69.9 Å². The van der Waals surface area contributed by atoms with Gasteiger partial charge in [0.15, 0.2) is 18.1 Å². The van der Waals surface area contributed by atoms with Crippen LogP contribution in [0.25, 0.3) is 0 Å². The van der Waals surface area contributed by atoms with Crippen LogP contribution in [0.4, 0.5) is 5.69 Å². The van der Waals surface area contributed by atoms with Crippen LogP contribution in [0.3, 0.4) is 0 Å². The lowest BCUT2D eigenvalue weighted by molar-refractivity contribution is -0.921. The molecule has 0 atom stereocenters. The molecule has 0 aliphatic carbocycles. The van der Waals surface area contributed by atoms with Crippen molar-refractivity contribution in [3.8, 4) is 6.07 Å². The van der Waals surface area contributed by atoms with Gasteiger partial charge in [0.2, 0.25) is 0 Å². The third-order valence-corrected chi connectivity index (χ3v) is 3.72. The molecule has 0 unspecified atom stereocenters. The van der Waals surface area contributed by atoms with E-state index in [-0.39, 0.29) is 12.5 Å². The number of furan rings is 2. The highest BCUT2D eigenvalue weighted by molar-refractivity contribution is 5.91. The second kappa shape index (κ2) is 7.99. The van der Waals surface area contributed by atoms with Gasteiger partial charge in [-0.2, -0.15) is 5.26 Å². The first kappa shape index (κ1) is 16.6. The smallest absolute Gasteiger partial charge is 0.279 e. The molecule has 1 amide bonds. The topological polar surface area (TPSA) is 83.6 Å². The lowest BCUT2D eigenvalue weighted by Gasteiger charge is -2.17. The van der Waals surface area contributed by atoms with Gasteiger partial charge in [-0.1, -0.05) is 0 Å². The summed E-state index contributed by atoms with van der Waals surface area (Å²) in [5.74, 6) is 1.51. The summed E-state index contributed by atoms with van der Waals surface area (Å²) in [6, 6.07) is 16.3. The highest BCUT2D eigenvalue weighted by Gasteiger charge is 2.18. The van der Waals surface area contributed by atoms with Crippen molar-refractivity contribution in [2.75, 3.05) is 11.9 Å². The zero-order valence-corrected chi connectivity index (χ0v) is 13.6. The standard InChI is InChI=1S/C19H17N3O3/c20-11-15-5-7-16(8-6-15)21-19(23)14-22(12-17-3-1-9-24-17)13-18-4-2-10-25-18/h1-10H,12-14H2,(H,21,23)/p+1. The zero-order chi connectivity index (χ0) is 17.5. The van der Waals surface area contributed by atoms with E-state index in [1.165, 1.54) is 0 Å². The van der Waals surface area contributed by atoms with Gasteiger partial charge in [-0.25, -0.2) is 0 Å². The van der Waals surface area contributed by atoms with Gasteiger partial charge in [0.25, 0.3) is 5.91 Å². The van der Waals surface area contributed by atoms with Crippen LogP contribution in [0, 0.1) is 11.3 Å². The largest absolute Gasteiger partial charge is 0.463 e. The molecule has 3 aromatic rings. The number of hydrogen-bond acceptors (Lipinski definition) is 4. The number of nitriles is 1. The number of amides is 1. The van der Waals surface area contributed by atoms with Crippen LogP contribution < -0.4 is 10.2 Å². The summed E-state index contributed by atoms with van der Waals surface area (Å²) < 4.78 is 10.8. The molecule has 3 rings (SSSR count). The molecule has 6 heteroatoms. The fourth-order valence-electron chi connectivity index (χ4n) is 2.57. The zero-order valence-electron chi connectivity index (χ0n) is 13.6. The monoisotopic (exact) mass is 336 g/mol. The van der Waals surface area contributed by atoms with E-state index in [9.17, 15) is 4.79 Å². The summed E-state index contributed by atoms with van der Waals surface area (Å²) in [6.07, 6.45) is 3.24. The van der Waals surface area contributed by atoms with Crippen LogP contribution in [0.2, 0.25) is 0 Å². The average molecular weight is 336 g/mol. The van der Waals surface area contributed by atoms with Crippen molar-refractivity contribution in [1.29, 1.82) is 5.26 Å². The number of anilines is 1. The number of rotatable bonds is 7. The first-order valence-electron chi connectivity index (χ1n) is 7.91. The molecule has 0 spiro atoms. The molecule has 2 aromatic heterocycles. The van der Waals surface area contributed by atoms with Crippen LogP contribution in [-0.4, -0.2) is 12.5 Å². The maximum atomic E-state index is 12.4. The Bertz CT molecular complexity index is 795. The number of hydrogen-bond donors (Lipinski definition) is 2. The normalized spacial score (nSPS) is 10.6. The van der Waals surface area contributed by atoms with E-state index in [1.807, 2.05) is 24.3 Å². The molecule has 0 saturated carbocycles. The Hall–Kier alpha value is -3.30. The summed E-state index contributed by atoms with van der Waals surface area (Å²) in [5, 5.41) is 11.7. The molecule has 0 saturated heterocycles. The van der Waals surface area contributed by atoms with Crippen LogP contribution in [0.1, 0.15) is 17.1 Å². The summed E-state index contributed by atoms with van der Waals surface area (Å²) >= 11 is 0. The maximum absolute atomic E-state index is 12.4. The summed E-state index contributed by atoms with van der Waals surface area (Å²) in [6.45, 7) is 1.42. The van der Waals surface area contributed by atoms with Crippen molar-refractivity contribution >= 4 is 11.6 Å². The number of nitrogens with one attached hydrogen (secondary N) is 2. The van der Waals surface area contributed by atoms with Gasteiger partial charge in [-0.05, 0) is 48.5 Å². The van der Waals surface area contributed by atoms with E-state index in [1.54, 1.807) is 36.8 Å². The minimum Gasteiger partial charge on any atom is -0.463 e. The van der Waals surface area contributed by atoms with Crippen molar-refractivity contribution in [2.24, 2.45) is 0 Å². The molecule has 6 nitrogen and oxygen atoms in total. The Morgan fingerprint density at radius 3 is 2.08 bits per heavy atom. The van der Waals surface area contributed by atoms with Crippen molar-refractivity contribution in [2.45, 2.75) is 13.1 Å². The van der Waals surface area contributed by atoms with E-state index in [0.29, 0.717) is 24.3 Å². The lowest BCUT2D eigenvalue weighted by Crippen LogP contribution is -3.10. The van der Waals surface area contributed by atoms with Gasteiger partial charge in [-0.15, -0.1) is 0 Å². The van der Waals surface area contributed by atoms with Crippen molar-refractivity contribution in [3.05, 3.63) is 78.1 Å². The second-order valence-electron chi connectivity index (χ2n) is 5.68. The number of carbonyl (C=O) groups excluding carboxylic acids is 1. The molecule has 0 aliphatic rings. The van der Waals surface area contributed by atoms with E-state index in [2.05, 4.69) is 11.4 Å². The van der Waals surface area contributed by atoms with Crippen molar-refractivity contribution in [1.82, 2.24) is 0 Å². The minimum atomic E-state index is -0.113. The maximum Gasteiger partial charge on any atom is 0.279 e. The van der Waals surface area contributed by atoms with E-state index in [4.69, 9.17) is 14.1 Å². The SMILES string of the molecule is N#Cc1ccc(NC(=O)C[NH+](Cc2ccco2)Cc2ccco2)cc1. The molecule has 0 bridgehead atoms. The Balaban J connectivity index is 1.63. The third kappa shape index (κ3) is 4.83. The molecule has 0 aliphatic heterocycles. The van der Waals surface area contributed by atoms with Crippen LogP contribution >= 0.6 is 0 Å². The molecular weight excluding hydrogens is 318 g/mol. The predicted octanol–water partition coefficient (Wildman–Crippen LogP) is 1.97. The van der Waals surface area contributed by atoms with Gasteiger partial charge in [0.05, 0.1) is 24.2 Å². The summed E-state index contributed by atoms with van der Waals surface area (Å²) in [7, 11) is 0. The summed E-state index contributed by atoms with van der Waals surface area (Å²) in [5.41, 5.74) is 1.22. The van der Waals surface area contributed by atoms with Crippen LogP contribution in [0.5, 0.6) is 0 Å². The van der Waals surface area contributed by atoms with E-state index in [0.717, 1.165) is 16.4 Å². The fraction of sp³-hybridized carbons (Fsp3) is 0.158. The minimum absolute atomic E-state index is 0.113. The molecule has 25 heavy (non-hydrogen) atoms. The first-order valence-corrected chi connectivity index (χ1v) is 7.91. The van der Waals surface area contributed by atoms with Crippen molar-refractivity contribution < 1.29 is 18.5 Å². The molecule has 1 aromatic carbocycles. The number of nitrogens with zero attached hydrogens (tertiary/aromatic N) is 1. The summed E-state index contributed by atoms with van der Waals surface area (Å²) in [4.78, 5) is 13.4. The average Bonchev–Trinajstić information content (AvgIpc) is 3.29. The highest BCUT2D eigenvalue weighted by atomic mass is 16.3. The molecule has 2 heterocycles. The molecular formula is C19H18N3O3+. The van der Waals surface area contributed by atoms with E-state index < -0.39 is 0 Å². The Labute approximate surface area is 145 Å². The van der Waals surface area contributed by atoms with Gasteiger partial charge in [0.1, 0.15) is 13.1 Å². The Morgan fingerprint density at radius 2 is 1.60 bits per heavy atom. The van der Waals surface area contributed by atoms with Gasteiger partial charge in [0, 0.05) is 5.69 Å². The molecule has 2 N–H and O–H groups in total. The van der Waals surface area contributed by atoms with Crippen LogP contribution in [-0.2, 0) is 17.9 Å². The third-order valence-electron chi connectivity index (χ3n) is 3.72. The fourth-order valence-corrected chi connectivity index (χ4v) is 2.57. The van der Waals surface area contributed by atoms with E-state index >= 15 is 0 Å². The molecule has 0 radical (unpaired) electrons. The lowest BCUT2D eigenvalue weighted by atomic mass is 10.2. The first-order chi connectivity index (χ1) is 12.2. The molecule has 0 fully saturated rings. The number of quaternary nitrogens is 1. The second-order valence-corrected chi connectivity index (χ2v) is 5.68. The number of benzene rings is 1. The predicted molar refractivity (Wildman–Crippen MR) is 90.4 cm³/mol. The Morgan fingerprint density at radius 1 is 1.00 bits per heavy atom. The molecule has 126 valence electrons. The Kier molecular flexibility index (Phi) is 5.29. The quantitative estimate of drug-likeness (QED) is 0.691. The van der Waals surface area contributed by atoms with Gasteiger partial charge in [-0.3, -0.25) is 4.79 Å². The highest BCUT2D eigenvalue weighted by Crippen LogP contribution is 2.08. The van der Waals surface area contributed by atoms with Gasteiger partial charge >= 0.3 is 0 Å². The van der Waals surface area contributed by atoms with Crippen molar-refractivity contribution in [3.63, 3.8) is 0 Å².